The van der Waals surface area contributed by atoms with E-state index in [0.717, 1.165) is 17.7 Å². The lowest BCUT2D eigenvalue weighted by Gasteiger charge is -2.28. The van der Waals surface area contributed by atoms with Gasteiger partial charge in [-0.25, -0.2) is 13.9 Å². The van der Waals surface area contributed by atoms with Crippen LogP contribution in [0.3, 0.4) is 0 Å². The van der Waals surface area contributed by atoms with E-state index in [4.69, 9.17) is 9.47 Å². The summed E-state index contributed by atoms with van der Waals surface area (Å²) in [5.41, 5.74) is 2.55. The number of aromatic nitrogens is 3. The molecule has 3 aromatic rings. The minimum Gasteiger partial charge on any atom is -0.491 e. The zero-order valence-corrected chi connectivity index (χ0v) is 21.1. The molecule has 1 aliphatic rings. The minimum atomic E-state index is -0.529. The number of fused-ring (bicyclic) bond motifs is 1. The highest BCUT2D eigenvalue weighted by Gasteiger charge is 2.35. The van der Waals surface area contributed by atoms with E-state index < -0.39 is 12.0 Å². The average Bonchev–Trinajstić information content (AvgIpc) is 3.23. The van der Waals surface area contributed by atoms with Crippen LogP contribution in [0.4, 0.5) is 10.3 Å². The summed E-state index contributed by atoms with van der Waals surface area (Å²) in [4.78, 5) is 17.7. The Labute approximate surface area is 208 Å². The third-order valence-corrected chi connectivity index (χ3v) is 6.26. The molecule has 1 aliphatic heterocycles. The van der Waals surface area contributed by atoms with Crippen LogP contribution in [0.25, 0.3) is 0 Å². The number of rotatable bonds is 9. The van der Waals surface area contributed by atoms with Gasteiger partial charge in [-0.1, -0.05) is 49.0 Å². The maximum Gasteiger partial charge on any atom is 0.338 e. The summed E-state index contributed by atoms with van der Waals surface area (Å²) in [6.45, 7) is 8.05. The van der Waals surface area contributed by atoms with Crippen molar-refractivity contribution in [2.75, 3.05) is 11.9 Å². The highest BCUT2D eigenvalue weighted by atomic mass is 32.2. The molecular formula is C26H29FN4O3S. The number of thioether (sulfide) groups is 1. The van der Waals surface area contributed by atoms with Gasteiger partial charge in [0.1, 0.15) is 17.6 Å². The van der Waals surface area contributed by atoms with Crippen LogP contribution in [-0.2, 0) is 15.3 Å². The van der Waals surface area contributed by atoms with Gasteiger partial charge < -0.3 is 14.8 Å². The Bertz CT molecular complexity index is 1220. The van der Waals surface area contributed by atoms with Crippen molar-refractivity contribution >= 4 is 23.7 Å². The van der Waals surface area contributed by atoms with Gasteiger partial charge in [-0.3, -0.25) is 0 Å². The number of anilines is 1. The molecule has 2 heterocycles. The van der Waals surface area contributed by atoms with E-state index in [2.05, 4.69) is 15.4 Å². The van der Waals surface area contributed by atoms with E-state index in [0.29, 0.717) is 40.3 Å². The summed E-state index contributed by atoms with van der Waals surface area (Å²) in [5.74, 6) is 0.986. The van der Waals surface area contributed by atoms with Crippen molar-refractivity contribution in [1.29, 1.82) is 0 Å². The number of esters is 1. The Morgan fingerprint density at radius 3 is 2.63 bits per heavy atom. The lowest BCUT2D eigenvalue weighted by molar-refractivity contribution is -0.139. The van der Waals surface area contributed by atoms with Gasteiger partial charge in [0.05, 0.1) is 18.3 Å². The standard InChI is InChI=1S/C26H29FN4O3S/c1-5-14-33-24(32)22-17(4)28-25-29-26(35-15-19-8-6-7-9-21(19)27)30-31(25)23(22)18-10-12-20(13-11-18)34-16(2)3/h6-13,16,23H,5,14-15H2,1-4H3,(H,28,29,30). The Balaban J connectivity index is 1.67. The van der Waals surface area contributed by atoms with Crippen molar-refractivity contribution in [2.24, 2.45) is 0 Å². The molecule has 0 aliphatic carbocycles. The first-order chi connectivity index (χ1) is 16.9. The maximum absolute atomic E-state index is 14.1. The Morgan fingerprint density at radius 2 is 1.94 bits per heavy atom. The number of carbonyl (C=O) groups excluding carboxylic acids is 1. The van der Waals surface area contributed by atoms with Gasteiger partial charge in [0.2, 0.25) is 11.1 Å². The van der Waals surface area contributed by atoms with Crippen LogP contribution in [0.2, 0.25) is 0 Å². The van der Waals surface area contributed by atoms with Crippen LogP contribution in [0, 0.1) is 5.82 Å². The van der Waals surface area contributed by atoms with Crippen molar-refractivity contribution in [2.45, 2.75) is 57.2 Å². The van der Waals surface area contributed by atoms with E-state index >= 15 is 0 Å². The van der Waals surface area contributed by atoms with E-state index in [1.54, 1.807) is 22.9 Å². The summed E-state index contributed by atoms with van der Waals surface area (Å²) in [6, 6.07) is 13.7. The number of carbonyl (C=O) groups is 1. The third kappa shape index (κ3) is 5.67. The fourth-order valence-corrected chi connectivity index (χ4v) is 4.61. The summed E-state index contributed by atoms with van der Waals surface area (Å²) in [5, 5.41) is 8.36. The first kappa shape index (κ1) is 24.8. The monoisotopic (exact) mass is 496 g/mol. The highest BCUT2D eigenvalue weighted by molar-refractivity contribution is 7.98. The molecule has 9 heteroatoms. The molecule has 7 nitrogen and oxygen atoms in total. The number of nitrogens with one attached hydrogen (secondary N) is 1. The van der Waals surface area contributed by atoms with Crippen molar-refractivity contribution in [3.05, 3.63) is 76.7 Å². The van der Waals surface area contributed by atoms with Gasteiger partial charge in [0, 0.05) is 11.4 Å². The molecule has 0 amide bonds. The fourth-order valence-electron chi connectivity index (χ4n) is 3.80. The number of ether oxygens (including phenoxy) is 2. The van der Waals surface area contributed by atoms with Gasteiger partial charge in [0.15, 0.2) is 0 Å². The molecule has 2 aromatic carbocycles. The lowest BCUT2D eigenvalue weighted by Crippen LogP contribution is -2.29. The first-order valence-corrected chi connectivity index (χ1v) is 12.6. The maximum atomic E-state index is 14.1. The number of allylic oxidation sites excluding steroid dienone is 1. The van der Waals surface area contributed by atoms with Crippen LogP contribution < -0.4 is 10.1 Å². The smallest absolute Gasteiger partial charge is 0.338 e. The number of halogens is 1. The molecule has 0 saturated carbocycles. The molecule has 0 radical (unpaired) electrons. The van der Waals surface area contributed by atoms with E-state index in [-0.39, 0.29) is 11.9 Å². The van der Waals surface area contributed by atoms with E-state index in [1.165, 1.54) is 17.8 Å². The third-order valence-electron chi connectivity index (χ3n) is 5.37. The average molecular weight is 497 g/mol. The Hall–Kier alpha value is -3.33. The topological polar surface area (TPSA) is 78.3 Å². The number of hydrogen-bond acceptors (Lipinski definition) is 7. The lowest BCUT2D eigenvalue weighted by atomic mass is 9.96. The van der Waals surface area contributed by atoms with Gasteiger partial charge in [-0.05, 0) is 56.5 Å². The van der Waals surface area contributed by atoms with Crippen molar-refractivity contribution in [1.82, 2.24) is 14.8 Å². The van der Waals surface area contributed by atoms with E-state index in [9.17, 15) is 9.18 Å². The van der Waals surface area contributed by atoms with Crippen LogP contribution in [-0.4, -0.2) is 33.4 Å². The van der Waals surface area contributed by atoms with Gasteiger partial charge in [-0.2, -0.15) is 4.98 Å². The Kier molecular flexibility index (Phi) is 7.75. The summed E-state index contributed by atoms with van der Waals surface area (Å²) in [6.07, 6.45) is 0.778. The van der Waals surface area contributed by atoms with Crippen LogP contribution in [0.1, 0.15) is 51.3 Å². The minimum absolute atomic E-state index is 0.0532. The molecule has 0 spiro atoms. The molecule has 184 valence electrons. The second kappa shape index (κ2) is 10.9. The van der Waals surface area contributed by atoms with Crippen LogP contribution in [0.5, 0.6) is 5.75 Å². The molecule has 35 heavy (non-hydrogen) atoms. The predicted octanol–water partition coefficient (Wildman–Crippen LogP) is 5.74. The quantitative estimate of drug-likeness (QED) is 0.299. The highest BCUT2D eigenvalue weighted by Crippen LogP contribution is 2.37. The fraction of sp³-hybridized carbons (Fsp3) is 0.346. The molecule has 0 saturated heterocycles. The molecule has 1 N–H and O–H groups in total. The van der Waals surface area contributed by atoms with Gasteiger partial charge in [-0.15, -0.1) is 5.10 Å². The molecule has 1 aromatic heterocycles. The van der Waals surface area contributed by atoms with Crippen molar-refractivity contribution in [3.63, 3.8) is 0 Å². The molecule has 0 fully saturated rings. The van der Waals surface area contributed by atoms with Crippen LogP contribution >= 0.6 is 11.8 Å². The first-order valence-electron chi connectivity index (χ1n) is 11.6. The molecule has 0 bridgehead atoms. The van der Waals surface area contributed by atoms with Gasteiger partial charge >= 0.3 is 5.97 Å². The predicted molar refractivity (Wildman–Crippen MR) is 134 cm³/mol. The van der Waals surface area contributed by atoms with Gasteiger partial charge in [0.25, 0.3) is 0 Å². The second-order valence-corrected chi connectivity index (χ2v) is 9.42. The summed E-state index contributed by atoms with van der Waals surface area (Å²) < 4.78 is 27.0. The molecule has 1 unspecified atom stereocenters. The molecule has 4 rings (SSSR count). The summed E-state index contributed by atoms with van der Waals surface area (Å²) in [7, 11) is 0. The van der Waals surface area contributed by atoms with Crippen molar-refractivity contribution < 1.29 is 18.7 Å². The number of nitrogens with zero attached hydrogens (tertiary/aromatic N) is 3. The molecular weight excluding hydrogens is 467 g/mol. The normalized spacial score (nSPS) is 15.1. The summed E-state index contributed by atoms with van der Waals surface area (Å²) >= 11 is 1.33. The molecule has 1 atom stereocenters. The number of benzene rings is 2. The number of hydrogen-bond donors (Lipinski definition) is 1. The SMILES string of the molecule is CCCOC(=O)C1=C(C)Nc2nc(SCc3ccccc3F)nn2C1c1ccc(OC(C)C)cc1. The zero-order valence-electron chi connectivity index (χ0n) is 20.2. The van der Waals surface area contributed by atoms with E-state index in [1.807, 2.05) is 52.0 Å². The van der Waals surface area contributed by atoms with Crippen LogP contribution in [0.15, 0.2) is 65.0 Å². The van der Waals surface area contributed by atoms with Crippen molar-refractivity contribution in [3.8, 4) is 5.75 Å². The zero-order chi connectivity index (χ0) is 24.9. The largest absolute Gasteiger partial charge is 0.491 e. The Morgan fingerprint density at radius 1 is 1.20 bits per heavy atom. The second-order valence-electron chi connectivity index (χ2n) is 8.48.